The van der Waals surface area contributed by atoms with Gasteiger partial charge in [-0.05, 0) is 56.5 Å². The molecule has 0 aliphatic carbocycles. The van der Waals surface area contributed by atoms with Gasteiger partial charge in [0.05, 0.1) is 30.1 Å². The van der Waals surface area contributed by atoms with Gasteiger partial charge in [0, 0.05) is 13.1 Å². The fourth-order valence-corrected chi connectivity index (χ4v) is 4.34. The van der Waals surface area contributed by atoms with E-state index in [0.29, 0.717) is 48.1 Å². The number of benzene rings is 2. The largest absolute Gasteiger partial charge is 0.493 e. The highest BCUT2D eigenvalue weighted by molar-refractivity contribution is 6.45. The van der Waals surface area contributed by atoms with Crippen molar-refractivity contribution in [1.82, 2.24) is 4.90 Å². The lowest BCUT2D eigenvalue weighted by atomic mass is 10.0. The minimum absolute atomic E-state index is 0.0364. The smallest absolute Gasteiger partial charge is 0.282 e. The summed E-state index contributed by atoms with van der Waals surface area (Å²) in [7, 11) is 0. The van der Waals surface area contributed by atoms with Crippen LogP contribution in [0.5, 0.6) is 5.75 Å². The standard InChI is InChI=1S/C27H32N2O4/c1-17(2)16-32-23-12-8-21(9-13-23)24-25(28-14-19(4)33-20(5)15-28)27(31)29(26(24)30)22-10-6-18(3)7-11-22/h6-13,17,19-20H,14-16H2,1-5H3. The Bertz CT molecular complexity index is 1050. The van der Waals surface area contributed by atoms with Crippen LogP contribution in [0.2, 0.25) is 0 Å². The van der Waals surface area contributed by atoms with E-state index in [1.165, 1.54) is 4.90 Å². The molecule has 6 nitrogen and oxygen atoms in total. The van der Waals surface area contributed by atoms with Gasteiger partial charge in [0.2, 0.25) is 0 Å². The lowest BCUT2D eigenvalue weighted by Gasteiger charge is -2.37. The lowest BCUT2D eigenvalue weighted by molar-refractivity contribution is -0.121. The van der Waals surface area contributed by atoms with Gasteiger partial charge < -0.3 is 14.4 Å². The quantitative estimate of drug-likeness (QED) is 0.612. The number of hydrogen-bond acceptors (Lipinski definition) is 5. The molecule has 4 rings (SSSR count). The fourth-order valence-electron chi connectivity index (χ4n) is 4.34. The fraction of sp³-hybridized carbons (Fsp3) is 0.407. The van der Waals surface area contributed by atoms with Gasteiger partial charge in [0.15, 0.2) is 0 Å². The summed E-state index contributed by atoms with van der Waals surface area (Å²) in [5.74, 6) is 0.568. The highest BCUT2D eigenvalue weighted by atomic mass is 16.5. The van der Waals surface area contributed by atoms with Crippen molar-refractivity contribution in [2.45, 2.75) is 46.8 Å². The summed E-state index contributed by atoms with van der Waals surface area (Å²) in [6.45, 7) is 11.9. The second kappa shape index (κ2) is 9.40. The van der Waals surface area contributed by atoms with Gasteiger partial charge in [-0.15, -0.1) is 0 Å². The molecule has 2 unspecified atom stereocenters. The van der Waals surface area contributed by atoms with Crippen molar-refractivity contribution >= 4 is 23.1 Å². The summed E-state index contributed by atoms with van der Waals surface area (Å²) in [6, 6.07) is 14.9. The zero-order valence-electron chi connectivity index (χ0n) is 20.0. The molecule has 2 aromatic carbocycles. The summed E-state index contributed by atoms with van der Waals surface area (Å²) in [4.78, 5) is 30.7. The van der Waals surface area contributed by atoms with Crippen LogP contribution in [0.25, 0.3) is 5.57 Å². The number of ether oxygens (including phenoxy) is 2. The molecule has 0 bridgehead atoms. The Morgan fingerprint density at radius 1 is 0.939 bits per heavy atom. The van der Waals surface area contributed by atoms with E-state index in [0.717, 1.165) is 11.3 Å². The zero-order chi connectivity index (χ0) is 23.7. The summed E-state index contributed by atoms with van der Waals surface area (Å²) in [6.07, 6.45) is -0.0729. The van der Waals surface area contributed by atoms with Gasteiger partial charge in [0.25, 0.3) is 11.8 Å². The predicted octanol–water partition coefficient (Wildman–Crippen LogP) is 4.42. The molecule has 0 N–H and O–H groups in total. The molecule has 2 aromatic rings. The van der Waals surface area contributed by atoms with Crippen LogP contribution in [-0.4, -0.2) is 48.6 Å². The van der Waals surface area contributed by atoms with Gasteiger partial charge in [0.1, 0.15) is 11.4 Å². The Labute approximate surface area is 195 Å². The van der Waals surface area contributed by atoms with Gasteiger partial charge in [-0.25, -0.2) is 4.90 Å². The van der Waals surface area contributed by atoms with Crippen molar-refractivity contribution in [3.8, 4) is 5.75 Å². The summed E-state index contributed by atoms with van der Waals surface area (Å²) >= 11 is 0. The average molecular weight is 449 g/mol. The molecule has 2 aliphatic heterocycles. The Balaban J connectivity index is 1.74. The Morgan fingerprint density at radius 2 is 1.55 bits per heavy atom. The average Bonchev–Trinajstić information content (AvgIpc) is 3.03. The first-order valence-corrected chi connectivity index (χ1v) is 11.6. The van der Waals surface area contributed by atoms with Crippen molar-refractivity contribution in [2.75, 3.05) is 24.6 Å². The number of hydrogen-bond donors (Lipinski definition) is 0. The third kappa shape index (κ3) is 4.81. The number of amides is 2. The van der Waals surface area contributed by atoms with Gasteiger partial charge in [-0.3, -0.25) is 9.59 Å². The molecule has 1 saturated heterocycles. The highest BCUT2D eigenvalue weighted by Crippen LogP contribution is 2.36. The van der Waals surface area contributed by atoms with Gasteiger partial charge in [-0.2, -0.15) is 0 Å². The molecular formula is C27H32N2O4. The van der Waals surface area contributed by atoms with E-state index >= 15 is 0 Å². The van der Waals surface area contributed by atoms with E-state index in [2.05, 4.69) is 13.8 Å². The maximum absolute atomic E-state index is 13.7. The third-order valence-corrected chi connectivity index (χ3v) is 5.81. The first-order valence-electron chi connectivity index (χ1n) is 11.6. The maximum atomic E-state index is 13.7. The number of rotatable bonds is 6. The van der Waals surface area contributed by atoms with Crippen LogP contribution in [0, 0.1) is 12.8 Å². The molecule has 174 valence electrons. The van der Waals surface area contributed by atoms with E-state index in [1.54, 1.807) is 0 Å². The number of anilines is 1. The highest BCUT2D eigenvalue weighted by Gasteiger charge is 2.43. The van der Waals surface area contributed by atoms with Crippen LogP contribution in [0.15, 0.2) is 54.2 Å². The van der Waals surface area contributed by atoms with Crippen LogP contribution < -0.4 is 9.64 Å². The van der Waals surface area contributed by atoms with E-state index in [-0.39, 0.29) is 24.0 Å². The SMILES string of the molecule is Cc1ccc(N2C(=O)C(c3ccc(OCC(C)C)cc3)=C(N3CC(C)OC(C)C3)C2=O)cc1. The van der Waals surface area contributed by atoms with E-state index in [4.69, 9.17) is 9.47 Å². The van der Waals surface area contributed by atoms with E-state index in [1.807, 2.05) is 74.2 Å². The number of aryl methyl sites for hydroxylation is 1. The molecule has 1 fully saturated rings. The minimum atomic E-state index is -0.304. The molecule has 33 heavy (non-hydrogen) atoms. The maximum Gasteiger partial charge on any atom is 0.282 e. The van der Waals surface area contributed by atoms with Crippen molar-refractivity contribution in [2.24, 2.45) is 5.92 Å². The first kappa shape index (κ1) is 23.1. The molecular weight excluding hydrogens is 416 g/mol. The van der Waals surface area contributed by atoms with Crippen molar-refractivity contribution < 1.29 is 19.1 Å². The second-order valence-electron chi connectivity index (χ2n) is 9.40. The first-order chi connectivity index (χ1) is 15.7. The van der Waals surface area contributed by atoms with E-state index < -0.39 is 0 Å². The van der Waals surface area contributed by atoms with Crippen LogP contribution in [0.3, 0.4) is 0 Å². The van der Waals surface area contributed by atoms with Crippen LogP contribution >= 0.6 is 0 Å². The Kier molecular flexibility index (Phi) is 6.56. The molecule has 0 saturated carbocycles. The number of carbonyl (C=O) groups excluding carboxylic acids is 2. The lowest BCUT2D eigenvalue weighted by Crippen LogP contribution is -2.47. The van der Waals surface area contributed by atoms with Crippen molar-refractivity contribution in [3.63, 3.8) is 0 Å². The zero-order valence-corrected chi connectivity index (χ0v) is 20.0. The summed E-state index contributed by atoms with van der Waals surface area (Å²) in [5.41, 5.74) is 3.23. The number of carbonyl (C=O) groups is 2. The number of nitrogens with zero attached hydrogens (tertiary/aromatic N) is 2. The second-order valence-corrected chi connectivity index (χ2v) is 9.40. The molecule has 2 amide bonds. The molecule has 0 spiro atoms. The number of imide groups is 1. The van der Waals surface area contributed by atoms with Crippen LogP contribution in [-0.2, 0) is 14.3 Å². The summed E-state index contributed by atoms with van der Waals surface area (Å²) < 4.78 is 11.7. The van der Waals surface area contributed by atoms with Crippen molar-refractivity contribution in [3.05, 3.63) is 65.4 Å². The van der Waals surface area contributed by atoms with Gasteiger partial charge >= 0.3 is 0 Å². The van der Waals surface area contributed by atoms with Crippen LogP contribution in [0.4, 0.5) is 5.69 Å². The number of morpholine rings is 1. The molecule has 0 aromatic heterocycles. The van der Waals surface area contributed by atoms with Crippen molar-refractivity contribution in [1.29, 1.82) is 0 Å². The molecule has 2 heterocycles. The summed E-state index contributed by atoms with van der Waals surface area (Å²) in [5, 5.41) is 0. The molecule has 2 atom stereocenters. The third-order valence-electron chi connectivity index (χ3n) is 5.81. The molecule has 2 aliphatic rings. The predicted molar refractivity (Wildman–Crippen MR) is 129 cm³/mol. The van der Waals surface area contributed by atoms with Crippen LogP contribution in [0.1, 0.15) is 38.8 Å². The Morgan fingerprint density at radius 3 is 2.12 bits per heavy atom. The Hall–Kier alpha value is -3.12. The molecule has 0 radical (unpaired) electrons. The normalized spacial score (nSPS) is 21.4. The minimum Gasteiger partial charge on any atom is -0.493 e. The van der Waals surface area contributed by atoms with E-state index in [9.17, 15) is 9.59 Å². The monoisotopic (exact) mass is 448 g/mol. The topological polar surface area (TPSA) is 59.1 Å². The van der Waals surface area contributed by atoms with Gasteiger partial charge in [-0.1, -0.05) is 43.7 Å². The molecule has 6 heteroatoms.